The van der Waals surface area contributed by atoms with Crippen LogP contribution in [-0.2, 0) is 4.79 Å². The lowest BCUT2D eigenvalue weighted by atomic mass is 10.00. The molecule has 0 aliphatic heterocycles. The van der Waals surface area contributed by atoms with E-state index in [9.17, 15) is 4.79 Å². The van der Waals surface area contributed by atoms with Crippen molar-refractivity contribution in [1.29, 1.82) is 0 Å². The van der Waals surface area contributed by atoms with Crippen LogP contribution in [0.5, 0.6) is 0 Å². The zero-order valence-corrected chi connectivity index (χ0v) is 15.9. The van der Waals surface area contributed by atoms with Crippen LogP contribution in [0.25, 0.3) is 5.57 Å². The molecule has 25 heavy (non-hydrogen) atoms. The smallest absolute Gasteiger partial charge is 0.257 e. The number of hydrogen-bond acceptors (Lipinski definition) is 6. The van der Waals surface area contributed by atoms with Gasteiger partial charge in [0.1, 0.15) is 0 Å². The summed E-state index contributed by atoms with van der Waals surface area (Å²) in [6, 6.07) is 0. The molecular weight excluding hydrogens is 352 g/mol. The number of aromatic nitrogens is 3. The fourth-order valence-corrected chi connectivity index (χ4v) is 4.00. The molecule has 0 atom stereocenters. The number of carbonyl (C=O) groups is 1. The number of nitrogens with one attached hydrogen (secondary N) is 1. The first kappa shape index (κ1) is 18.1. The number of hydrogen-bond donors (Lipinski definition) is 1. The van der Waals surface area contributed by atoms with Gasteiger partial charge in [-0.15, -0.1) is 11.3 Å². The van der Waals surface area contributed by atoms with E-state index in [1.807, 2.05) is 5.38 Å². The van der Waals surface area contributed by atoms with Crippen molar-refractivity contribution in [1.82, 2.24) is 15.0 Å². The standard InChI is InChI=1S/C18H22N4OS2/c1-2-8-24-17-20-11-14(12-21-17)15(10-13-5-3-4-6-13)16(23)22-18-19-7-9-25-18/h7,9-13H,2-6,8H2,1H3,(H,19,22,23)/b15-10+. The summed E-state index contributed by atoms with van der Waals surface area (Å²) in [5.74, 6) is 1.31. The summed E-state index contributed by atoms with van der Waals surface area (Å²) in [5.41, 5.74) is 1.41. The van der Waals surface area contributed by atoms with Gasteiger partial charge in [0.15, 0.2) is 10.3 Å². The molecule has 0 radical (unpaired) electrons. The Balaban J connectivity index is 1.81. The molecule has 7 heteroatoms. The molecule has 132 valence electrons. The van der Waals surface area contributed by atoms with E-state index in [1.165, 1.54) is 24.2 Å². The van der Waals surface area contributed by atoms with E-state index >= 15 is 0 Å². The van der Waals surface area contributed by atoms with Crippen molar-refractivity contribution in [2.45, 2.75) is 44.2 Å². The highest BCUT2D eigenvalue weighted by Crippen LogP contribution is 2.30. The van der Waals surface area contributed by atoms with Gasteiger partial charge in [0.2, 0.25) is 0 Å². The average molecular weight is 375 g/mol. The van der Waals surface area contributed by atoms with Crippen LogP contribution in [0.15, 0.2) is 35.2 Å². The molecule has 0 aromatic carbocycles. The summed E-state index contributed by atoms with van der Waals surface area (Å²) in [6.45, 7) is 2.13. The Hall–Kier alpha value is -1.73. The number of nitrogens with zero attached hydrogens (tertiary/aromatic N) is 3. The van der Waals surface area contributed by atoms with Gasteiger partial charge in [-0.25, -0.2) is 15.0 Å². The van der Waals surface area contributed by atoms with Crippen molar-refractivity contribution in [3.8, 4) is 0 Å². The quantitative estimate of drug-likeness (QED) is 0.434. The third-order valence-electron chi connectivity index (χ3n) is 4.07. The SMILES string of the molecule is CCCSc1ncc(/C(=C\C2CCCC2)C(=O)Nc2nccs2)cn1. The molecule has 5 nitrogen and oxygen atoms in total. The van der Waals surface area contributed by atoms with Gasteiger partial charge < -0.3 is 0 Å². The Morgan fingerprint density at radius 3 is 2.72 bits per heavy atom. The topological polar surface area (TPSA) is 67.8 Å². The Morgan fingerprint density at radius 1 is 1.32 bits per heavy atom. The van der Waals surface area contributed by atoms with Gasteiger partial charge >= 0.3 is 0 Å². The van der Waals surface area contributed by atoms with Gasteiger partial charge in [-0.1, -0.05) is 37.6 Å². The second-order valence-corrected chi connectivity index (χ2v) is 7.98. The molecule has 0 spiro atoms. The zero-order valence-electron chi connectivity index (χ0n) is 14.3. The highest BCUT2D eigenvalue weighted by Gasteiger charge is 2.19. The maximum absolute atomic E-state index is 12.8. The minimum atomic E-state index is -0.139. The van der Waals surface area contributed by atoms with Gasteiger partial charge in [-0.05, 0) is 25.2 Å². The van der Waals surface area contributed by atoms with Crippen LogP contribution < -0.4 is 5.32 Å². The lowest BCUT2D eigenvalue weighted by Gasteiger charge is -2.10. The normalized spacial score (nSPS) is 15.5. The molecule has 0 saturated heterocycles. The Labute approximate surface area is 156 Å². The lowest BCUT2D eigenvalue weighted by Crippen LogP contribution is -2.15. The minimum Gasteiger partial charge on any atom is -0.298 e. The van der Waals surface area contributed by atoms with Crippen molar-refractivity contribution in [3.05, 3.63) is 35.6 Å². The first-order valence-electron chi connectivity index (χ1n) is 8.64. The Morgan fingerprint density at radius 2 is 2.08 bits per heavy atom. The van der Waals surface area contributed by atoms with Crippen LogP contribution in [0.4, 0.5) is 5.13 Å². The van der Waals surface area contributed by atoms with Crippen LogP contribution in [0.2, 0.25) is 0 Å². The third kappa shape index (κ3) is 5.12. The highest BCUT2D eigenvalue weighted by atomic mass is 32.2. The van der Waals surface area contributed by atoms with Gasteiger partial charge in [-0.3, -0.25) is 10.1 Å². The van der Waals surface area contributed by atoms with Gasteiger partial charge in [-0.2, -0.15) is 0 Å². The molecule has 1 saturated carbocycles. The monoisotopic (exact) mass is 374 g/mol. The molecule has 2 heterocycles. The summed E-state index contributed by atoms with van der Waals surface area (Å²) in [5, 5.41) is 6.09. The highest BCUT2D eigenvalue weighted by molar-refractivity contribution is 7.99. The number of allylic oxidation sites excluding steroid dienone is 1. The second-order valence-electron chi connectivity index (χ2n) is 6.02. The molecule has 1 aliphatic carbocycles. The van der Waals surface area contributed by atoms with E-state index in [4.69, 9.17) is 0 Å². The van der Waals surface area contributed by atoms with E-state index < -0.39 is 0 Å². The summed E-state index contributed by atoms with van der Waals surface area (Å²) < 4.78 is 0. The molecule has 1 aliphatic rings. The predicted molar refractivity (Wildman–Crippen MR) is 104 cm³/mol. The van der Waals surface area contributed by atoms with Crippen LogP contribution >= 0.6 is 23.1 Å². The Kier molecular flexibility index (Phi) is 6.58. The van der Waals surface area contributed by atoms with Crippen LogP contribution in [0, 0.1) is 5.92 Å². The van der Waals surface area contributed by atoms with Crippen LogP contribution in [0.3, 0.4) is 0 Å². The van der Waals surface area contributed by atoms with Crippen molar-refractivity contribution in [2.75, 3.05) is 11.1 Å². The maximum Gasteiger partial charge on any atom is 0.257 e. The van der Waals surface area contributed by atoms with E-state index in [0.29, 0.717) is 16.6 Å². The van der Waals surface area contributed by atoms with Crippen LogP contribution in [0.1, 0.15) is 44.6 Å². The first-order valence-corrected chi connectivity index (χ1v) is 10.5. The maximum atomic E-state index is 12.8. The summed E-state index contributed by atoms with van der Waals surface area (Å²) >= 11 is 3.05. The number of carbonyl (C=O) groups excluding carboxylic acids is 1. The third-order valence-corrected chi connectivity index (χ3v) is 5.84. The lowest BCUT2D eigenvalue weighted by molar-refractivity contribution is -0.111. The first-order chi connectivity index (χ1) is 12.3. The van der Waals surface area contributed by atoms with Crippen molar-refractivity contribution < 1.29 is 4.79 Å². The fraction of sp³-hybridized carbons (Fsp3) is 0.444. The molecular formula is C18H22N4OS2. The number of thioether (sulfide) groups is 1. The van der Waals surface area contributed by atoms with Gasteiger partial charge in [0.25, 0.3) is 5.91 Å². The van der Waals surface area contributed by atoms with E-state index in [2.05, 4.69) is 33.3 Å². The van der Waals surface area contributed by atoms with Crippen LogP contribution in [-0.4, -0.2) is 26.6 Å². The molecule has 0 bridgehead atoms. The minimum absolute atomic E-state index is 0.139. The van der Waals surface area contributed by atoms with E-state index in [-0.39, 0.29) is 5.91 Å². The zero-order chi connectivity index (χ0) is 17.5. The molecule has 0 unspecified atom stereocenters. The van der Waals surface area contributed by atoms with Crippen molar-refractivity contribution in [3.63, 3.8) is 0 Å². The molecule has 1 N–H and O–H groups in total. The van der Waals surface area contributed by atoms with Crippen molar-refractivity contribution in [2.24, 2.45) is 5.92 Å². The van der Waals surface area contributed by atoms with E-state index in [0.717, 1.165) is 35.7 Å². The Bertz CT molecular complexity index is 707. The molecule has 2 aromatic heterocycles. The molecule has 1 fully saturated rings. The number of anilines is 1. The van der Waals surface area contributed by atoms with Gasteiger partial charge in [0.05, 0.1) is 0 Å². The van der Waals surface area contributed by atoms with E-state index in [1.54, 1.807) is 30.4 Å². The second kappa shape index (κ2) is 9.10. The molecule has 1 amide bonds. The number of rotatable bonds is 7. The number of thiazole rings is 1. The largest absolute Gasteiger partial charge is 0.298 e. The molecule has 3 rings (SSSR count). The average Bonchev–Trinajstić information content (AvgIpc) is 3.32. The molecule has 2 aromatic rings. The summed E-state index contributed by atoms with van der Waals surface area (Å²) in [6.07, 6.45) is 13.1. The summed E-state index contributed by atoms with van der Waals surface area (Å²) in [7, 11) is 0. The van der Waals surface area contributed by atoms with Crippen molar-refractivity contribution >= 4 is 39.7 Å². The predicted octanol–water partition coefficient (Wildman–Crippen LogP) is 4.65. The fourth-order valence-electron chi connectivity index (χ4n) is 2.84. The summed E-state index contributed by atoms with van der Waals surface area (Å²) in [4.78, 5) is 25.7. The number of amides is 1. The van der Waals surface area contributed by atoms with Gasteiger partial charge in [0, 0.05) is 40.9 Å².